The van der Waals surface area contributed by atoms with Crippen LogP contribution in [-0.4, -0.2) is 17.9 Å². The average molecular weight is 276 g/mol. The van der Waals surface area contributed by atoms with Crippen LogP contribution in [0.5, 0.6) is 0 Å². The van der Waals surface area contributed by atoms with Crippen molar-refractivity contribution in [1.82, 2.24) is 10.3 Å². The molecule has 0 bridgehead atoms. The van der Waals surface area contributed by atoms with Crippen molar-refractivity contribution in [3.05, 3.63) is 58.7 Å². The lowest BCUT2D eigenvalue weighted by atomic mass is 10.1. The lowest BCUT2D eigenvalue weighted by Gasteiger charge is -2.06. The summed E-state index contributed by atoms with van der Waals surface area (Å²) in [5.41, 5.74) is 1.71. The number of nitrogens with zero attached hydrogens (tertiary/aromatic N) is 1. The van der Waals surface area contributed by atoms with Gasteiger partial charge in [-0.25, -0.2) is 4.98 Å². The van der Waals surface area contributed by atoms with Crippen molar-refractivity contribution in [2.75, 3.05) is 12.4 Å². The van der Waals surface area contributed by atoms with Gasteiger partial charge in [-0.2, -0.15) is 0 Å². The van der Waals surface area contributed by atoms with Crippen LogP contribution >= 0.6 is 11.6 Å². The molecule has 0 spiro atoms. The zero-order chi connectivity index (χ0) is 13.7. The number of carbonyl (C=O) groups excluding carboxylic acids is 1. The molecule has 19 heavy (non-hydrogen) atoms. The number of nitrogens with one attached hydrogen (secondary N) is 2. The molecule has 0 aliphatic carbocycles. The molecule has 5 heteroatoms. The van der Waals surface area contributed by atoms with Gasteiger partial charge in [0.05, 0.1) is 0 Å². The molecule has 2 N–H and O–H groups in total. The molecule has 0 atom stereocenters. The van der Waals surface area contributed by atoms with Crippen molar-refractivity contribution in [2.24, 2.45) is 0 Å². The second-order valence-electron chi connectivity index (χ2n) is 3.98. The molecule has 2 aromatic rings. The Morgan fingerprint density at radius 2 is 1.95 bits per heavy atom. The summed E-state index contributed by atoms with van der Waals surface area (Å²) in [5, 5.41) is 6.21. The first-order valence-corrected chi connectivity index (χ1v) is 6.24. The molecule has 1 aromatic heterocycles. The second kappa shape index (κ2) is 6.20. The third-order valence-corrected chi connectivity index (χ3v) is 2.84. The number of rotatable bonds is 4. The van der Waals surface area contributed by atoms with Crippen molar-refractivity contribution in [3.8, 4) is 0 Å². The summed E-state index contributed by atoms with van der Waals surface area (Å²) in [7, 11) is 1.61. The fourth-order valence-corrected chi connectivity index (χ4v) is 1.78. The molecule has 0 unspecified atom stereocenters. The minimum atomic E-state index is -0.0870. The van der Waals surface area contributed by atoms with E-state index in [0.29, 0.717) is 17.3 Å². The smallest absolute Gasteiger partial charge is 0.251 e. The predicted octanol–water partition coefficient (Wildman–Crippen LogP) is 2.71. The first-order valence-electron chi connectivity index (χ1n) is 5.86. The highest BCUT2D eigenvalue weighted by Crippen LogP contribution is 2.11. The lowest BCUT2D eigenvalue weighted by Crippen LogP contribution is -2.17. The molecule has 2 rings (SSSR count). The van der Waals surface area contributed by atoms with E-state index in [-0.39, 0.29) is 5.91 Å². The summed E-state index contributed by atoms with van der Waals surface area (Å²) in [6.07, 6.45) is 0. The normalized spacial score (nSPS) is 10.0. The number of pyridine rings is 1. The molecule has 1 heterocycles. The van der Waals surface area contributed by atoms with Crippen LogP contribution in [0.3, 0.4) is 0 Å². The highest BCUT2D eigenvalue weighted by Gasteiger charge is 2.02. The number of amides is 1. The largest absolute Gasteiger partial charge is 0.366 e. The fraction of sp³-hybridized carbons (Fsp3) is 0.143. The predicted molar refractivity (Wildman–Crippen MR) is 76.4 cm³/mol. The number of carbonyl (C=O) groups is 1. The lowest BCUT2D eigenvalue weighted by molar-refractivity contribution is 0.0963. The van der Waals surface area contributed by atoms with Crippen LogP contribution in [0.15, 0.2) is 42.5 Å². The minimum Gasteiger partial charge on any atom is -0.366 e. The van der Waals surface area contributed by atoms with Gasteiger partial charge in [-0.15, -0.1) is 0 Å². The maximum absolute atomic E-state index is 11.4. The van der Waals surface area contributed by atoms with Crippen molar-refractivity contribution >= 4 is 23.3 Å². The van der Waals surface area contributed by atoms with Crippen molar-refractivity contribution in [3.63, 3.8) is 0 Å². The van der Waals surface area contributed by atoms with Gasteiger partial charge in [0.15, 0.2) is 0 Å². The number of anilines is 1. The number of hydrogen-bond acceptors (Lipinski definition) is 3. The summed E-state index contributed by atoms with van der Waals surface area (Å²) >= 11 is 5.80. The molecule has 0 saturated carbocycles. The maximum Gasteiger partial charge on any atom is 0.251 e. The first kappa shape index (κ1) is 13.4. The first-order chi connectivity index (χ1) is 9.19. The Bertz CT molecular complexity index is 569. The van der Waals surface area contributed by atoms with E-state index in [2.05, 4.69) is 15.6 Å². The van der Waals surface area contributed by atoms with Crippen LogP contribution in [0.4, 0.5) is 5.82 Å². The van der Waals surface area contributed by atoms with Crippen LogP contribution in [0.1, 0.15) is 15.9 Å². The van der Waals surface area contributed by atoms with Gasteiger partial charge in [0.25, 0.3) is 5.91 Å². The van der Waals surface area contributed by atoms with Crippen LogP contribution in [0.2, 0.25) is 5.15 Å². The summed E-state index contributed by atoms with van der Waals surface area (Å²) in [6.45, 7) is 0.626. The second-order valence-corrected chi connectivity index (χ2v) is 4.36. The Kier molecular flexibility index (Phi) is 4.36. The Morgan fingerprint density at radius 1 is 1.21 bits per heavy atom. The summed E-state index contributed by atoms with van der Waals surface area (Å²) in [6, 6.07) is 12.8. The minimum absolute atomic E-state index is 0.0870. The third kappa shape index (κ3) is 3.69. The fourth-order valence-electron chi connectivity index (χ4n) is 1.62. The molecular formula is C14H14ClN3O. The Morgan fingerprint density at radius 3 is 2.58 bits per heavy atom. The van der Waals surface area contributed by atoms with E-state index in [1.54, 1.807) is 25.2 Å². The van der Waals surface area contributed by atoms with Gasteiger partial charge in [-0.1, -0.05) is 29.8 Å². The molecule has 0 fully saturated rings. The molecule has 0 radical (unpaired) electrons. The highest BCUT2D eigenvalue weighted by atomic mass is 35.5. The topological polar surface area (TPSA) is 54.0 Å². The molecule has 1 amide bonds. The van der Waals surface area contributed by atoms with Crippen molar-refractivity contribution in [1.29, 1.82) is 0 Å². The van der Waals surface area contributed by atoms with Gasteiger partial charge < -0.3 is 10.6 Å². The molecule has 0 aliphatic rings. The van der Waals surface area contributed by atoms with E-state index < -0.39 is 0 Å². The average Bonchev–Trinajstić information content (AvgIpc) is 2.45. The Labute approximate surface area is 116 Å². The molecule has 0 aliphatic heterocycles. The number of aromatic nitrogens is 1. The van der Waals surface area contributed by atoms with E-state index >= 15 is 0 Å². The van der Waals surface area contributed by atoms with Gasteiger partial charge in [0, 0.05) is 19.2 Å². The van der Waals surface area contributed by atoms with E-state index in [9.17, 15) is 4.79 Å². The molecular weight excluding hydrogens is 262 g/mol. The van der Waals surface area contributed by atoms with Gasteiger partial charge in [0.1, 0.15) is 11.0 Å². The SMILES string of the molecule is CNC(=O)c1ccc(CNc2cccc(Cl)n2)cc1. The molecule has 98 valence electrons. The van der Waals surface area contributed by atoms with Crippen LogP contribution < -0.4 is 10.6 Å². The van der Waals surface area contributed by atoms with Gasteiger partial charge in [0.2, 0.25) is 0 Å². The van der Waals surface area contributed by atoms with E-state index in [0.717, 1.165) is 11.4 Å². The monoisotopic (exact) mass is 275 g/mol. The molecule has 0 saturated heterocycles. The van der Waals surface area contributed by atoms with E-state index in [4.69, 9.17) is 11.6 Å². The summed E-state index contributed by atoms with van der Waals surface area (Å²) < 4.78 is 0. The Balaban J connectivity index is 1.98. The van der Waals surface area contributed by atoms with Crippen LogP contribution in [-0.2, 0) is 6.54 Å². The zero-order valence-electron chi connectivity index (χ0n) is 10.5. The molecule has 1 aromatic carbocycles. The standard InChI is InChI=1S/C14H14ClN3O/c1-16-14(19)11-7-5-10(6-8-11)9-17-13-4-2-3-12(15)18-13/h2-8H,9H2,1H3,(H,16,19)(H,17,18). The number of hydrogen-bond donors (Lipinski definition) is 2. The van der Waals surface area contributed by atoms with E-state index in [1.165, 1.54) is 0 Å². The number of halogens is 1. The van der Waals surface area contributed by atoms with Crippen molar-refractivity contribution < 1.29 is 4.79 Å². The van der Waals surface area contributed by atoms with Gasteiger partial charge >= 0.3 is 0 Å². The summed E-state index contributed by atoms with van der Waals surface area (Å²) in [4.78, 5) is 15.5. The Hall–Kier alpha value is -2.07. The van der Waals surface area contributed by atoms with Crippen LogP contribution in [0.25, 0.3) is 0 Å². The highest BCUT2D eigenvalue weighted by molar-refractivity contribution is 6.29. The third-order valence-electron chi connectivity index (χ3n) is 2.63. The van der Waals surface area contributed by atoms with Gasteiger partial charge in [-0.05, 0) is 29.8 Å². The number of benzene rings is 1. The molecule has 4 nitrogen and oxygen atoms in total. The van der Waals surface area contributed by atoms with E-state index in [1.807, 2.05) is 24.3 Å². The van der Waals surface area contributed by atoms with Crippen molar-refractivity contribution in [2.45, 2.75) is 6.54 Å². The summed E-state index contributed by atoms with van der Waals surface area (Å²) in [5.74, 6) is 0.638. The maximum atomic E-state index is 11.4. The zero-order valence-corrected chi connectivity index (χ0v) is 11.2. The van der Waals surface area contributed by atoms with Gasteiger partial charge in [-0.3, -0.25) is 4.79 Å². The van der Waals surface area contributed by atoms with Crippen LogP contribution in [0, 0.1) is 0 Å². The quantitative estimate of drug-likeness (QED) is 0.844.